The van der Waals surface area contributed by atoms with Crippen molar-refractivity contribution < 1.29 is 44.5 Å². The molecule has 4 unspecified atom stereocenters. The highest BCUT2D eigenvalue weighted by Crippen LogP contribution is 2.68. The molecule has 4 N–H and O–H groups in total. The smallest absolute Gasteiger partial charge is 0.393 e. The molecule has 4 saturated carbocycles. The quantitative estimate of drug-likeness (QED) is 0.270. The zero-order chi connectivity index (χ0) is 29.0. The van der Waals surface area contributed by atoms with Gasteiger partial charge in [-0.05, 0) is 104 Å². The van der Waals surface area contributed by atoms with Crippen LogP contribution in [0.25, 0.3) is 0 Å². The largest absolute Gasteiger partial charge is 0.397 e. The van der Waals surface area contributed by atoms with Gasteiger partial charge in [0.1, 0.15) is 6.10 Å². The minimum absolute atomic E-state index is 0.0498. The van der Waals surface area contributed by atoms with Gasteiger partial charge in [0.05, 0.1) is 18.8 Å². The first-order valence-electron chi connectivity index (χ1n) is 14.6. The van der Waals surface area contributed by atoms with Gasteiger partial charge >= 0.3 is 20.8 Å². The minimum Gasteiger partial charge on any atom is -0.393 e. The molecule has 39 heavy (non-hydrogen) atoms. The molecule has 0 bridgehead atoms. The minimum atomic E-state index is -4.68. The molecule has 4 fully saturated rings. The van der Waals surface area contributed by atoms with Gasteiger partial charge in [-0.3, -0.25) is 9.11 Å². The third-order valence-electron chi connectivity index (χ3n) is 11.3. The number of aliphatic hydroxyl groups is 2. The topological polar surface area (TPSA) is 168 Å². The number of aliphatic hydroxyl groups excluding tert-OH is 2. The number of fused-ring (bicyclic) bond motifs is 5. The number of hydrogen-bond donors (Lipinski definition) is 4. The van der Waals surface area contributed by atoms with Crippen molar-refractivity contribution >= 4 is 20.8 Å². The van der Waals surface area contributed by atoms with E-state index in [1.54, 1.807) is 0 Å². The maximum atomic E-state index is 11.8. The van der Waals surface area contributed by atoms with E-state index in [1.807, 2.05) is 0 Å². The molecule has 0 heterocycles. The van der Waals surface area contributed by atoms with Crippen LogP contribution in [0.3, 0.4) is 0 Å². The molecule has 0 aromatic carbocycles. The van der Waals surface area contributed by atoms with Crippen LogP contribution in [0.2, 0.25) is 0 Å². The molecular weight excluding hydrogens is 548 g/mol. The van der Waals surface area contributed by atoms with E-state index in [9.17, 15) is 36.2 Å². The van der Waals surface area contributed by atoms with Gasteiger partial charge in [0.15, 0.2) is 0 Å². The first-order valence-corrected chi connectivity index (χ1v) is 17.3. The summed E-state index contributed by atoms with van der Waals surface area (Å²) in [5, 5.41) is 22.9. The summed E-state index contributed by atoms with van der Waals surface area (Å²) < 4.78 is 73.8. The first kappa shape index (κ1) is 31.6. The Kier molecular flexibility index (Phi) is 9.23. The maximum absolute atomic E-state index is 11.8. The Bertz CT molecular complexity index is 1080. The second-order valence-corrected chi connectivity index (χ2v) is 16.0. The fourth-order valence-corrected chi connectivity index (χ4v) is 10.7. The monoisotopic (exact) mass is 596 g/mol. The van der Waals surface area contributed by atoms with Crippen molar-refractivity contribution in [1.29, 1.82) is 0 Å². The average molecular weight is 597 g/mol. The Balaban J connectivity index is 1.55. The zero-order valence-electron chi connectivity index (χ0n) is 23.6. The first-order chi connectivity index (χ1) is 18.0. The molecule has 0 amide bonds. The molecular formula is C27H48O10S2. The van der Waals surface area contributed by atoms with E-state index in [1.165, 1.54) is 0 Å². The summed E-state index contributed by atoms with van der Waals surface area (Å²) >= 11 is 0. The lowest BCUT2D eigenvalue weighted by atomic mass is 9.43. The Morgan fingerprint density at radius 2 is 1.54 bits per heavy atom. The Morgan fingerprint density at radius 3 is 2.15 bits per heavy atom. The lowest BCUT2D eigenvalue weighted by molar-refractivity contribution is -0.205. The molecule has 228 valence electrons. The van der Waals surface area contributed by atoms with Crippen LogP contribution in [0, 0.1) is 52.3 Å². The van der Waals surface area contributed by atoms with Crippen LogP contribution in [-0.4, -0.2) is 61.1 Å². The van der Waals surface area contributed by atoms with Crippen molar-refractivity contribution in [2.45, 2.75) is 110 Å². The van der Waals surface area contributed by atoms with E-state index in [0.717, 1.165) is 38.5 Å². The summed E-state index contributed by atoms with van der Waals surface area (Å²) in [6.07, 6.45) is 4.88. The Morgan fingerprint density at radius 1 is 0.872 bits per heavy atom. The van der Waals surface area contributed by atoms with Gasteiger partial charge in [0.25, 0.3) is 0 Å². The van der Waals surface area contributed by atoms with Crippen LogP contribution in [0.15, 0.2) is 0 Å². The Labute approximate surface area is 234 Å². The maximum Gasteiger partial charge on any atom is 0.397 e. The lowest BCUT2D eigenvalue weighted by Crippen LogP contribution is -2.62. The van der Waals surface area contributed by atoms with Crippen molar-refractivity contribution in [1.82, 2.24) is 0 Å². The van der Waals surface area contributed by atoms with Gasteiger partial charge in [-0.15, -0.1) is 0 Å². The van der Waals surface area contributed by atoms with E-state index in [4.69, 9.17) is 8.37 Å². The molecule has 11 atom stereocenters. The molecule has 12 heteroatoms. The van der Waals surface area contributed by atoms with Gasteiger partial charge < -0.3 is 10.2 Å². The van der Waals surface area contributed by atoms with Crippen LogP contribution in [0.5, 0.6) is 0 Å². The number of hydrogen-bond acceptors (Lipinski definition) is 8. The van der Waals surface area contributed by atoms with Crippen molar-refractivity contribution in [3.63, 3.8) is 0 Å². The standard InChI is InChI=1S/C27H48O10S2/c1-16(2)6-5-7-17(15-36-38(30,31)32)19-10-11-20-18-8-9-21-25(29)23(37-39(33,34)35)12-13-26(21,3)24(18)22(28)14-27(19,20)4/h16-25,28-29H,5-15H2,1-4H3,(H,30,31,32)(H,33,34,35)/t17-,18?,19+,20?,21+,22?,23+,24?,25-,26-,27+/m0/s1. The van der Waals surface area contributed by atoms with Gasteiger partial charge in [-0.2, -0.15) is 16.8 Å². The molecule has 0 spiro atoms. The second-order valence-electron chi connectivity index (χ2n) is 13.8. The average Bonchev–Trinajstić information content (AvgIpc) is 3.12. The third-order valence-corrected chi connectivity index (χ3v) is 12.2. The molecule has 4 aliphatic carbocycles. The predicted molar refractivity (Wildman–Crippen MR) is 144 cm³/mol. The van der Waals surface area contributed by atoms with Crippen LogP contribution in [0.4, 0.5) is 0 Å². The summed E-state index contributed by atoms with van der Waals surface area (Å²) in [4.78, 5) is 0. The third kappa shape index (κ3) is 6.53. The lowest BCUT2D eigenvalue weighted by Gasteiger charge is -2.63. The normalized spacial score (nSPS) is 43.5. The van der Waals surface area contributed by atoms with E-state index in [0.29, 0.717) is 31.1 Å². The van der Waals surface area contributed by atoms with E-state index >= 15 is 0 Å². The van der Waals surface area contributed by atoms with Crippen LogP contribution < -0.4 is 0 Å². The van der Waals surface area contributed by atoms with Gasteiger partial charge in [0, 0.05) is 0 Å². The number of rotatable bonds is 10. The highest BCUT2D eigenvalue weighted by molar-refractivity contribution is 7.81. The SMILES string of the molecule is CC(C)CCC[C@@H](COS(=O)(=O)O)[C@H]1CCC2C3CC[C@@H]4[C@H](O)[C@H](OS(=O)(=O)O)CC[C@]4(C)C3C(O)C[C@@]21C. The molecule has 4 rings (SSSR count). The van der Waals surface area contributed by atoms with Crippen LogP contribution >= 0.6 is 0 Å². The van der Waals surface area contributed by atoms with Crippen molar-refractivity contribution in [2.24, 2.45) is 52.3 Å². The van der Waals surface area contributed by atoms with E-state index < -0.39 is 44.5 Å². The fraction of sp³-hybridized carbons (Fsp3) is 1.00. The highest BCUT2D eigenvalue weighted by atomic mass is 32.3. The van der Waals surface area contributed by atoms with Crippen molar-refractivity contribution in [3.8, 4) is 0 Å². The molecule has 0 saturated heterocycles. The van der Waals surface area contributed by atoms with E-state index in [2.05, 4.69) is 27.7 Å². The molecule has 0 aliphatic heterocycles. The highest BCUT2D eigenvalue weighted by Gasteiger charge is 2.65. The van der Waals surface area contributed by atoms with Crippen LogP contribution in [0.1, 0.15) is 91.9 Å². The predicted octanol–water partition coefficient (Wildman–Crippen LogP) is 4.04. The molecule has 0 aromatic rings. The summed E-state index contributed by atoms with van der Waals surface area (Å²) in [6, 6.07) is 0. The van der Waals surface area contributed by atoms with Crippen molar-refractivity contribution in [3.05, 3.63) is 0 Å². The summed E-state index contributed by atoms with van der Waals surface area (Å²) in [6.45, 7) is 8.59. The Hall–Kier alpha value is -0.340. The van der Waals surface area contributed by atoms with Gasteiger partial charge in [-0.25, -0.2) is 8.37 Å². The fourth-order valence-electron chi connectivity index (χ4n) is 9.86. The molecule has 0 radical (unpaired) electrons. The molecule has 0 aromatic heterocycles. The molecule has 10 nitrogen and oxygen atoms in total. The summed E-state index contributed by atoms with van der Waals surface area (Å²) in [7, 11) is -9.23. The van der Waals surface area contributed by atoms with Crippen LogP contribution in [-0.2, 0) is 29.2 Å². The second kappa shape index (κ2) is 11.4. The van der Waals surface area contributed by atoms with Crippen molar-refractivity contribution in [2.75, 3.05) is 6.61 Å². The zero-order valence-corrected chi connectivity index (χ0v) is 25.2. The summed E-state index contributed by atoms with van der Waals surface area (Å²) in [5.41, 5.74) is -0.607. The molecule has 4 aliphatic rings. The van der Waals surface area contributed by atoms with Gasteiger partial charge in [0.2, 0.25) is 0 Å². The van der Waals surface area contributed by atoms with E-state index in [-0.39, 0.29) is 48.0 Å². The van der Waals surface area contributed by atoms with Gasteiger partial charge in [-0.1, -0.05) is 40.5 Å². The summed E-state index contributed by atoms with van der Waals surface area (Å²) in [5.74, 6) is 0.894.